The molecule has 0 aromatic carbocycles. The molecule has 0 saturated heterocycles. The minimum atomic E-state index is -4.36. The Hall–Kier alpha value is -1.46. The van der Waals surface area contributed by atoms with E-state index in [4.69, 9.17) is 0 Å². The van der Waals surface area contributed by atoms with Crippen LogP contribution in [0.15, 0.2) is 12.1 Å². The van der Waals surface area contributed by atoms with Gasteiger partial charge in [0.15, 0.2) is 0 Å². The summed E-state index contributed by atoms with van der Waals surface area (Å²) in [6, 6.07) is 2.18. The van der Waals surface area contributed by atoms with Crippen LogP contribution in [0.5, 0.6) is 0 Å². The van der Waals surface area contributed by atoms with Gasteiger partial charge in [-0.25, -0.2) is 4.98 Å². The van der Waals surface area contributed by atoms with Crippen molar-refractivity contribution in [3.63, 3.8) is 0 Å². The topological polar surface area (TPSA) is 28.2 Å². The SMILES string of the molecule is CCCCCN(C)c1cc(C(F)(F)F)cc(NCCC)n1. The fourth-order valence-corrected chi connectivity index (χ4v) is 1.93. The summed E-state index contributed by atoms with van der Waals surface area (Å²) in [5.74, 6) is 0.642. The van der Waals surface area contributed by atoms with Crippen molar-refractivity contribution in [1.82, 2.24) is 4.98 Å². The highest BCUT2D eigenvalue weighted by Gasteiger charge is 2.32. The largest absolute Gasteiger partial charge is 0.416 e. The summed E-state index contributed by atoms with van der Waals surface area (Å²) >= 11 is 0. The number of unbranched alkanes of at least 4 members (excludes halogenated alkanes) is 2. The van der Waals surface area contributed by atoms with Crippen molar-refractivity contribution < 1.29 is 13.2 Å². The summed E-state index contributed by atoms with van der Waals surface area (Å²) in [7, 11) is 1.78. The summed E-state index contributed by atoms with van der Waals surface area (Å²) in [4.78, 5) is 6.06. The lowest BCUT2D eigenvalue weighted by Crippen LogP contribution is -2.21. The normalized spacial score (nSPS) is 11.5. The predicted molar refractivity (Wildman–Crippen MR) is 80.8 cm³/mol. The van der Waals surface area contributed by atoms with Crippen molar-refractivity contribution in [2.45, 2.75) is 45.7 Å². The molecule has 0 radical (unpaired) electrons. The van der Waals surface area contributed by atoms with Crippen LogP contribution in [0.2, 0.25) is 0 Å². The quantitative estimate of drug-likeness (QED) is 0.714. The zero-order valence-corrected chi connectivity index (χ0v) is 12.9. The number of nitrogens with zero attached hydrogens (tertiary/aromatic N) is 2. The molecule has 21 heavy (non-hydrogen) atoms. The molecule has 0 amide bonds. The fraction of sp³-hybridized carbons (Fsp3) is 0.667. The first kappa shape index (κ1) is 17.6. The second-order valence-electron chi connectivity index (χ2n) is 5.15. The van der Waals surface area contributed by atoms with Crippen molar-refractivity contribution in [2.75, 3.05) is 30.4 Å². The first-order valence-electron chi connectivity index (χ1n) is 7.42. The fourth-order valence-electron chi connectivity index (χ4n) is 1.93. The second kappa shape index (κ2) is 8.10. The molecule has 0 unspecified atom stereocenters. The maximum atomic E-state index is 13.0. The average Bonchev–Trinajstić information content (AvgIpc) is 2.44. The van der Waals surface area contributed by atoms with Gasteiger partial charge in [0, 0.05) is 20.1 Å². The summed E-state index contributed by atoms with van der Waals surface area (Å²) in [5.41, 5.74) is -0.659. The lowest BCUT2D eigenvalue weighted by molar-refractivity contribution is -0.137. The number of alkyl halides is 3. The minimum absolute atomic E-state index is 0.281. The smallest absolute Gasteiger partial charge is 0.370 e. The van der Waals surface area contributed by atoms with Crippen molar-refractivity contribution in [3.05, 3.63) is 17.7 Å². The van der Waals surface area contributed by atoms with Gasteiger partial charge in [-0.05, 0) is 25.0 Å². The Balaban J connectivity index is 2.95. The molecule has 1 aromatic rings. The number of rotatable bonds is 8. The number of nitrogens with one attached hydrogen (secondary N) is 1. The Labute approximate surface area is 124 Å². The molecule has 0 aliphatic carbocycles. The number of halogens is 3. The van der Waals surface area contributed by atoms with Gasteiger partial charge in [-0.3, -0.25) is 0 Å². The molecule has 120 valence electrons. The number of hydrogen-bond donors (Lipinski definition) is 1. The predicted octanol–water partition coefficient (Wildman–Crippen LogP) is 4.55. The highest BCUT2D eigenvalue weighted by Crippen LogP contribution is 2.32. The van der Waals surface area contributed by atoms with Gasteiger partial charge >= 0.3 is 6.18 Å². The zero-order valence-electron chi connectivity index (χ0n) is 12.9. The lowest BCUT2D eigenvalue weighted by atomic mass is 10.2. The van der Waals surface area contributed by atoms with Gasteiger partial charge in [0.25, 0.3) is 0 Å². The Morgan fingerprint density at radius 2 is 1.86 bits per heavy atom. The lowest BCUT2D eigenvalue weighted by Gasteiger charge is -2.20. The Morgan fingerprint density at radius 3 is 2.43 bits per heavy atom. The molecule has 0 fully saturated rings. The Kier molecular flexibility index (Phi) is 6.78. The van der Waals surface area contributed by atoms with Gasteiger partial charge in [-0.1, -0.05) is 26.7 Å². The molecule has 1 rings (SSSR count). The maximum Gasteiger partial charge on any atom is 0.416 e. The molecule has 0 atom stereocenters. The molecular formula is C15H24F3N3. The van der Waals surface area contributed by atoms with E-state index < -0.39 is 11.7 Å². The van der Waals surface area contributed by atoms with E-state index >= 15 is 0 Å². The molecular weight excluding hydrogens is 279 g/mol. The van der Waals surface area contributed by atoms with Crippen LogP contribution in [0.4, 0.5) is 24.8 Å². The van der Waals surface area contributed by atoms with Gasteiger partial charge in [0.05, 0.1) is 5.56 Å². The van der Waals surface area contributed by atoms with Crippen LogP contribution >= 0.6 is 0 Å². The van der Waals surface area contributed by atoms with Gasteiger partial charge in [0.2, 0.25) is 0 Å². The van der Waals surface area contributed by atoms with Gasteiger partial charge in [-0.2, -0.15) is 13.2 Å². The third kappa shape index (κ3) is 5.81. The summed E-state index contributed by atoms with van der Waals surface area (Å²) in [5, 5.41) is 2.93. The monoisotopic (exact) mass is 303 g/mol. The highest BCUT2D eigenvalue weighted by molar-refractivity contribution is 5.51. The number of anilines is 2. The van der Waals surface area contributed by atoms with Crippen LogP contribution in [0.1, 0.15) is 45.1 Å². The van der Waals surface area contributed by atoms with E-state index in [1.54, 1.807) is 11.9 Å². The van der Waals surface area contributed by atoms with E-state index in [0.29, 0.717) is 18.9 Å². The van der Waals surface area contributed by atoms with Gasteiger partial charge < -0.3 is 10.2 Å². The molecule has 0 aliphatic rings. The molecule has 0 bridgehead atoms. The van der Waals surface area contributed by atoms with E-state index in [1.807, 2.05) is 6.92 Å². The molecule has 0 spiro atoms. The second-order valence-corrected chi connectivity index (χ2v) is 5.15. The first-order chi connectivity index (χ1) is 9.88. The molecule has 1 aromatic heterocycles. The average molecular weight is 303 g/mol. The standard InChI is InChI=1S/C15H24F3N3/c1-4-6-7-9-21(3)14-11-12(15(16,17)18)10-13(20-14)19-8-5-2/h10-11H,4-9H2,1-3H3,(H,19,20). The van der Waals surface area contributed by atoms with Gasteiger partial charge in [0.1, 0.15) is 11.6 Å². The molecule has 1 N–H and O–H groups in total. The van der Waals surface area contributed by atoms with Crippen LogP contribution in [-0.2, 0) is 6.18 Å². The number of aromatic nitrogens is 1. The molecule has 0 aliphatic heterocycles. The Morgan fingerprint density at radius 1 is 1.14 bits per heavy atom. The summed E-state index contributed by atoms with van der Waals surface area (Å²) in [6.07, 6.45) is -0.440. The molecule has 0 saturated carbocycles. The van der Waals surface area contributed by atoms with E-state index in [1.165, 1.54) is 0 Å². The third-order valence-corrected chi connectivity index (χ3v) is 3.18. The number of pyridine rings is 1. The van der Waals surface area contributed by atoms with Crippen LogP contribution in [0.3, 0.4) is 0 Å². The van der Waals surface area contributed by atoms with Crippen LogP contribution in [0.25, 0.3) is 0 Å². The van der Waals surface area contributed by atoms with Crippen molar-refractivity contribution in [2.24, 2.45) is 0 Å². The highest BCUT2D eigenvalue weighted by atomic mass is 19.4. The molecule has 3 nitrogen and oxygen atoms in total. The molecule has 1 heterocycles. The molecule has 6 heteroatoms. The third-order valence-electron chi connectivity index (χ3n) is 3.18. The number of hydrogen-bond acceptors (Lipinski definition) is 3. The van der Waals surface area contributed by atoms with E-state index in [0.717, 1.165) is 37.8 Å². The van der Waals surface area contributed by atoms with E-state index in [-0.39, 0.29) is 5.82 Å². The first-order valence-corrected chi connectivity index (χ1v) is 7.42. The summed E-state index contributed by atoms with van der Waals surface area (Å²) < 4.78 is 38.9. The maximum absolute atomic E-state index is 13.0. The van der Waals surface area contributed by atoms with E-state index in [9.17, 15) is 13.2 Å². The van der Waals surface area contributed by atoms with Crippen molar-refractivity contribution >= 4 is 11.6 Å². The van der Waals surface area contributed by atoms with Gasteiger partial charge in [-0.15, -0.1) is 0 Å². The Bertz CT molecular complexity index is 433. The van der Waals surface area contributed by atoms with Crippen molar-refractivity contribution in [1.29, 1.82) is 0 Å². The van der Waals surface area contributed by atoms with Crippen LogP contribution < -0.4 is 10.2 Å². The van der Waals surface area contributed by atoms with Crippen LogP contribution in [-0.4, -0.2) is 25.1 Å². The van der Waals surface area contributed by atoms with E-state index in [2.05, 4.69) is 17.2 Å². The van der Waals surface area contributed by atoms with Crippen LogP contribution in [0, 0.1) is 0 Å². The van der Waals surface area contributed by atoms with Crippen molar-refractivity contribution in [3.8, 4) is 0 Å². The minimum Gasteiger partial charge on any atom is -0.370 e. The summed E-state index contributed by atoms with van der Waals surface area (Å²) in [6.45, 7) is 5.36. The zero-order chi connectivity index (χ0) is 15.9.